The van der Waals surface area contributed by atoms with Crippen molar-refractivity contribution in [1.82, 2.24) is 5.32 Å². The second kappa shape index (κ2) is 5.98. The molecule has 0 saturated carbocycles. The molecule has 0 aromatic carbocycles. The van der Waals surface area contributed by atoms with Crippen molar-refractivity contribution >= 4 is 0 Å². The first-order chi connectivity index (χ1) is 5.26. The Labute approximate surface area is 69.2 Å². The van der Waals surface area contributed by atoms with Crippen molar-refractivity contribution in [3.63, 3.8) is 0 Å². The molecule has 0 heterocycles. The molecule has 11 heavy (non-hydrogen) atoms. The van der Waals surface area contributed by atoms with Crippen molar-refractivity contribution in [2.45, 2.75) is 19.8 Å². The van der Waals surface area contributed by atoms with Crippen LogP contribution in [0.15, 0.2) is 23.9 Å². The molecule has 0 aliphatic rings. The van der Waals surface area contributed by atoms with Crippen molar-refractivity contribution in [2.75, 3.05) is 13.6 Å². The standard InChI is InChI=1S/C9H18N2/c1-4-9(6-5-7-10)8(2)11-3/h4,11H,1,5-7,10H2,2-3H3/b9-8+. The molecule has 0 rings (SSSR count). The predicted octanol–water partition coefficient (Wildman–Crippen LogP) is 1.40. The minimum Gasteiger partial charge on any atom is -0.391 e. The Kier molecular flexibility index (Phi) is 5.57. The van der Waals surface area contributed by atoms with Crippen molar-refractivity contribution in [1.29, 1.82) is 0 Å². The third-order valence-electron chi connectivity index (χ3n) is 1.75. The van der Waals surface area contributed by atoms with Gasteiger partial charge in [0.05, 0.1) is 0 Å². The third-order valence-corrected chi connectivity index (χ3v) is 1.75. The summed E-state index contributed by atoms with van der Waals surface area (Å²) in [6.07, 6.45) is 3.94. The van der Waals surface area contributed by atoms with E-state index in [9.17, 15) is 0 Å². The minimum atomic E-state index is 0.744. The second-order valence-corrected chi connectivity index (χ2v) is 2.50. The van der Waals surface area contributed by atoms with Gasteiger partial charge in [0.15, 0.2) is 0 Å². The second-order valence-electron chi connectivity index (χ2n) is 2.50. The van der Waals surface area contributed by atoms with Gasteiger partial charge in [0, 0.05) is 12.7 Å². The van der Waals surface area contributed by atoms with E-state index in [-0.39, 0.29) is 0 Å². The molecule has 3 N–H and O–H groups in total. The quantitative estimate of drug-likeness (QED) is 0.587. The summed E-state index contributed by atoms with van der Waals surface area (Å²) < 4.78 is 0. The van der Waals surface area contributed by atoms with Gasteiger partial charge in [0.2, 0.25) is 0 Å². The molecule has 0 fully saturated rings. The smallest absolute Gasteiger partial charge is 0.0105 e. The van der Waals surface area contributed by atoms with Crippen LogP contribution >= 0.6 is 0 Å². The lowest BCUT2D eigenvalue weighted by Gasteiger charge is -2.06. The summed E-state index contributed by atoms with van der Waals surface area (Å²) in [5, 5.41) is 3.09. The molecule has 0 unspecified atom stereocenters. The molecule has 2 heteroatoms. The molecular formula is C9H18N2. The largest absolute Gasteiger partial charge is 0.391 e. The van der Waals surface area contributed by atoms with Crippen LogP contribution in [0.5, 0.6) is 0 Å². The lowest BCUT2D eigenvalue weighted by molar-refractivity contribution is 0.814. The van der Waals surface area contributed by atoms with E-state index in [0.29, 0.717) is 0 Å². The number of rotatable bonds is 5. The number of nitrogens with two attached hydrogens (primary N) is 1. The van der Waals surface area contributed by atoms with Crippen molar-refractivity contribution in [3.8, 4) is 0 Å². The molecule has 0 amide bonds. The summed E-state index contributed by atoms with van der Waals surface area (Å²) in [6.45, 7) is 6.54. The van der Waals surface area contributed by atoms with E-state index < -0.39 is 0 Å². The van der Waals surface area contributed by atoms with Crippen LogP contribution in [0.2, 0.25) is 0 Å². The van der Waals surface area contributed by atoms with Gasteiger partial charge in [0.25, 0.3) is 0 Å². The van der Waals surface area contributed by atoms with Crippen LogP contribution in [0.3, 0.4) is 0 Å². The van der Waals surface area contributed by atoms with E-state index in [1.807, 2.05) is 20.0 Å². The Morgan fingerprint density at radius 2 is 2.27 bits per heavy atom. The van der Waals surface area contributed by atoms with Crippen LogP contribution in [-0.4, -0.2) is 13.6 Å². The van der Waals surface area contributed by atoms with E-state index in [2.05, 4.69) is 11.9 Å². The van der Waals surface area contributed by atoms with E-state index in [1.54, 1.807) is 0 Å². The van der Waals surface area contributed by atoms with E-state index in [4.69, 9.17) is 5.73 Å². The maximum absolute atomic E-state index is 5.40. The monoisotopic (exact) mass is 154 g/mol. The highest BCUT2D eigenvalue weighted by Gasteiger charge is 1.95. The van der Waals surface area contributed by atoms with Gasteiger partial charge >= 0.3 is 0 Å². The van der Waals surface area contributed by atoms with Crippen LogP contribution in [-0.2, 0) is 0 Å². The Hall–Kier alpha value is -0.760. The maximum Gasteiger partial charge on any atom is 0.0105 e. The molecule has 0 spiro atoms. The fraction of sp³-hybridized carbons (Fsp3) is 0.556. The minimum absolute atomic E-state index is 0.744. The molecule has 0 radical (unpaired) electrons. The van der Waals surface area contributed by atoms with Gasteiger partial charge in [-0.15, -0.1) is 0 Å². The van der Waals surface area contributed by atoms with Crippen LogP contribution < -0.4 is 11.1 Å². The molecule has 0 saturated heterocycles. The SMILES string of the molecule is C=C/C(CCCN)=C(/C)NC. The fourth-order valence-electron chi connectivity index (χ4n) is 0.896. The van der Waals surface area contributed by atoms with Crippen LogP contribution in [0.4, 0.5) is 0 Å². The molecule has 2 nitrogen and oxygen atoms in total. The molecule has 0 bridgehead atoms. The number of allylic oxidation sites excluding steroid dienone is 3. The summed E-state index contributed by atoms with van der Waals surface area (Å²) in [7, 11) is 1.92. The highest BCUT2D eigenvalue weighted by molar-refractivity contribution is 5.21. The number of hydrogen-bond acceptors (Lipinski definition) is 2. The van der Waals surface area contributed by atoms with Gasteiger partial charge in [-0.2, -0.15) is 0 Å². The highest BCUT2D eigenvalue weighted by Crippen LogP contribution is 2.08. The first kappa shape index (κ1) is 10.2. The number of nitrogens with one attached hydrogen (secondary N) is 1. The average Bonchev–Trinajstić information content (AvgIpc) is 2.05. The normalized spacial score (nSPS) is 12.3. The van der Waals surface area contributed by atoms with E-state index in [0.717, 1.165) is 19.4 Å². The highest BCUT2D eigenvalue weighted by atomic mass is 14.8. The zero-order valence-electron chi connectivity index (χ0n) is 7.48. The maximum atomic E-state index is 5.40. The fourth-order valence-corrected chi connectivity index (χ4v) is 0.896. The molecule has 0 atom stereocenters. The Bertz CT molecular complexity index is 148. The molecular weight excluding hydrogens is 136 g/mol. The van der Waals surface area contributed by atoms with Crippen LogP contribution in [0.25, 0.3) is 0 Å². The zero-order valence-corrected chi connectivity index (χ0v) is 7.48. The summed E-state index contributed by atoms with van der Waals surface area (Å²) >= 11 is 0. The molecule has 0 aromatic heterocycles. The summed E-state index contributed by atoms with van der Waals surface area (Å²) in [5.74, 6) is 0. The van der Waals surface area contributed by atoms with Gasteiger partial charge in [-0.1, -0.05) is 12.7 Å². The van der Waals surface area contributed by atoms with Gasteiger partial charge < -0.3 is 11.1 Å². The van der Waals surface area contributed by atoms with E-state index in [1.165, 1.54) is 11.3 Å². The summed E-state index contributed by atoms with van der Waals surface area (Å²) in [6, 6.07) is 0. The van der Waals surface area contributed by atoms with Crippen molar-refractivity contribution < 1.29 is 0 Å². The predicted molar refractivity (Wildman–Crippen MR) is 50.2 cm³/mol. The Morgan fingerprint density at radius 3 is 2.64 bits per heavy atom. The number of hydrogen-bond donors (Lipinski definition) is 2. The Balaban J connectivity index is 4.03. The Morgan fingerprint density at radius 1 is 1.64 bits per heavy atom. The topological polar surface area (TPSA) is 38.0 Å². The van der Waals surface area contributed by atoms with Crippen molar-refractivity contribution in [2.24, 2.45) is 5.73 Å². The van der Waals surface area contributed by atoms with Gasteiger partial charge in [-0.25, -0.2) is 0 Å². The first-order valence-corrected chi connectivity index (χ1v) is 3.96. The summed E-state index contributed by atoms with van der Waals surface area (Å²) in [5.41, 5.74) is 7.85. The van der Waals surface area contributed by atoms with Gasteiger partial charge in [0.1, 0.15) is 0 Å². The molecule has 0 aliphatic heterocycles. The average molecular weight is 154 g/mol. The van der Waals surface area contributed by atoms with Gasteiger partial charge in [-0.3, -0.25) is 0 Å². The molecule has 0 aliphatic carbocycles. The molecule has 0 aromatic rings. The van der Waals surface area contributed by atoms with Crippen LogP contribution in [0.1, 0.15) is 19.8 Å². The van der Waals surface area contributed by atoms with Crippen molar-refractivity contribution in [3.05, 3.63) is 23.9 Å². The third kappa shape index (κ3) is 3.83. The van der Waals surface area contributed by atoms with Gasteiger partial charge in [-0.05, 0) is 31.9 Å². The lowest BCUT2D eigenvalue weighted by atomic mass is 10.1. The lowest BCUT2D eigenvalue weighted by Crippen LogP contribution is -2.06. The van der Waals surface area contributed by atoms with E-state index >= 15 is 0 Å². The zero-order chi connectivity index (χ0) is 8.69. The first-order valence-electron chi connectivity index (χ1n) is 3.96. The summed E-state index contributed by atoms with van der Waals surface area (Å²) in [4.78, 5) is 0. The molecule has 64 valence electrons. The van der Waals surface area contributed by atoms with Crippen LogP contribution in [0, 0.1) is 0 Å².